The number of aliphatic hydroxyl groups is 1. The van der Waals surface area contributed by atoms with E-state index < -0.39 is 0 Å². The minimum absolute atomic E-state index is 0.0113. The summed E-state index contributed by atoms with van der Waals surface area (Å²) in [4.78, 5) is 6.52. The maximum absolute atomic E-state index is 9.61. The van der Waals surface area contributed by atoms with E-state index >= 15 is 0 Å². The maximum Gasteiger partial charge on any atom is 0.142 e. The monoisotopic (exact) mass is 245 g/mol. The minimum Gasteiger partial charge on any atom is -0.396 e. The number of aliphatic hydroxyl groups excluding tert-OH is 1. The van der Waals surface area contributed by atoms with Crippen molar-refractivity contribution in [3.8, 4) is 6.07 Å². The molecule has 0 aromatic carbocycles. The van der Waals surface area contributed by atoms with Gasteiger partial charge in [-0.2, -0.15) is 5.26 Å². The number of hydrogen-bond donors (Lipinski definition) is 1. The summed E-state index contributed by atoms with van der Waals surface area (Å²) in [5.74, 6) is 0.847. The smallest absolute Gasteiger partial charge is 0.142 e. The molecule has 1 aliphatic heterocycles. The molecule has 1 aromatic rings. The molecule has 1 N–H and O–H groups in total. The van der Waals surface area contributed by atoms with E-state index in [9.17, 15) is 5.11 Å². The van der Waals surface area contributed by atoms with Crippen LogP contribution in [0.2, 0.25) is 0 Å². The summed E-state index contributed by atoms with van der Waals surface area (Å²) in [6.45, 7) is 4.11. The lowest BCUT2D eigenvalue weighted by atomic mass is 9.78. The van der Waals surface area contributed by atoms with Gasteiger partial charge in [-0.05, 0) is 31.4 Å². The molecule has 1 atom stereocenters. The van der Waals surface area contributed by atoms with E-state index in [1.807, 2.05) is 12.1 Å². The average Bonchev–Trinajstić information content (AvgIpc) is 2.47. The van der Waals surface area contributed by atoms with E-state index in [1.165, 1.54) is 0 Å². The molecule has 1 fully saturated rings. The summed E-state index contributed by atoms with van der Waals surface area (Å²) in [7, 11) is 0. The summed E-state index contributed by atoms with van der Waals surface area (Å²) in [6, 6.07) is 7.58. The van der Waals surface area contributed by atoms with Crippen molar-refractivity contribution in [3.63, 3.8) is 0 Å². The van der Waals surface area contributed by atoms with Crippen LogP contribution < -0.4 is 4.90 Å². The number of rotatable bonds is 3. The lowest BCUT2D eigenvalue weighted by molar-refractivity contribution is 0.101. The highest BCUT2D eigenvalue weighted by molar-refractivity contribution is 5.42. The summed E-state index contributed by atoms with van der Waals surface area (Å²) in [6.07, 6.45) is 3.10. The second-order valence-corrected chi connectivity index (χ2v) is 5.03. The molecule has 0 saturated carbocycles. The van der Waals surface area contributed by atoms with Gasteiger partial charge >= 0.3 is 0 Å². The molecule has 96 valence electrons. The molecule has 1 aromatic heterocycles. The molecule has 4 nitrogen and oxygen atoms in total. The predicted octanol–water partition coefficient (Wildman–Crippen LogP) is 1.94. The molecule has 0 radical (unpaired) electrons. The quantitative estimate of drug-likeness (QED) is 0.884. The molecule has 1 saturated heterocycles. The summed E-state index contributed by atoms with van der Waals surface area (Å²) in [5.41, 5.74) is 0.437. The summed E-state index contributed by atoms with van der Waals surface area (Å²) >= 11 is 0. The Labute approximate surface area is 108 Å². The largest absolute Gasteiger partial charge is 0.396 e. The molecule has 0 spiro atoms. The molecule has 2 rings (SSSR count). The van der Waals surface area contributed by atoms with Crippen LogP contribution in [0.1, 0.15) is 31.9 Å². The zero-order valence-electron chi connectivity index (χ0n) is 10.8. The Morgan fingerprint density at radius 1 is 1.56 bits per heavy atom. The fourth-order valence-corrected chi connectivity index (χ4v) is 2.59. The van der Waals surface area contributed by atoms with E-state index in [4.69, 9.17) is 5.26 Å². The normalized spacial score (nSPS) is 23.7. The van der Waals surface area contributed by atoms with Crippen molar-refractivity contribution in [2.24, 2.45) is 5.41 Å². The van der Waals surface area contributed by atoms with Gasteiger partial charge in [-0.15, -0.1) is 0 Å². The Morgan fingerprint density at radius 2 is 2.39 bits per heavy atom. The van der Waals surface area contributed by atoms with Gasteiger partial charge in [0.25, 0.3) is 0 Å². The van der Waals surface area contributed by atoms with Crippen molar-refractivity contribution in [1.82, 2.24) is 4.98 Å². The number of nitrogens with zero attached hydrogens (tertiary/aromatic N) is 3. The Hall–Kier alpha value is -1.60. The molecule has 1 unspecified atom stereocenters. The maximum atomic E-state index is 9.61. The fourth-order valence-electron chi connectivity index (χ4n) is 2.59. The molecular weight excluding hydrogens is 226 g/mol. The number of hydrogen-bond acceptors (Lipinski definition) is 4. The van der Waals surface area contributed by atoms with Gasteiger partial charge in [0.1, 0.15) is 17.6 Å². The lowest BCUT2D eigenvalue weighted by Crippen LogP contribution is -2.45. The number of nitriles is 1. The van der Waals surface area contributed by atoms with Crippen LogP contribution >= 0.6 is 0 Å². The van der Waals surface area contributed by atoms with Gasteiger partial charge in [-0.25, -0.2) is 4.98 Å². The lowest BCUT2D eigenvalue weighted by Gasteiger charge is -2.41. The van der Waals surface area contributed by atoms with Crippen molar-refractivity contribution in [1.29, 1.82) is 5.26 Å². The third-order valence-electron chi connectivity index (χ3n) is 3.92. The first kappa shape index (κ1) is 12.8. The predicted molar refractivity (Wildman–Crippen MR) is 70.2 cm³/mol. The topological polar surface area (TPSA) is 60.1 Å². The van der Waals surface area contributed by atoms with Crippen molar-refractivity contribution in [2.75, 3.05) is 24.6 Å². The molecule has 0 aliphatic carbocycles. The third kappa shape index (κ3) is 2.46. The van der Waals surface area contributed by atoms with Gasteiger partial charge in [0.2, 0.25) is 0 Å². The van der Waals surface area contributed by atoms with Crippen LogP contribution in [-0.2, 0) is 0 Å². The molecule has 18 heavy (non-hydrogen) atoms. The van der Waals surface area contributed by atoms with Crippen LogP contribution in [-0.4, -0.2) is 29.8 Å². The van der Waals surface area contributed by atoms with Crippen molar-refractivity contribution in [2.45, 2.75) is 26.2 Å². The molecule has 0 amide bonds. The minimum atomic E-state index is -0.0113. The number of pyridine rings is 1. The number of piperidine rings is 1. The zero-order chi connectivity index (χ0) is 13.0. The standard InChI is InChI=1S/C14H19N3O/c1-2-14(11-18)7-4-8-17(10-14)13-6-3-5-12(9-15)16-13/h3,5-6,18H,2,4,7-8,10-11H2,1H3. The summed E-state index contributed by atoms with van der Waals surface area (Å²) in [5, 5.41) is 18.5. The average molecular weight is 245 g/mol. The molecule has 2 heterocycles. The van der Waals surface area contributed by atoms with E-state index in [1.54, 1.807) is 6.07 Å². The van der Waals surface area contributed by atoms with Crippen LogP contribution in [0.4, 0.5) is 5.82 Å². The van der Waals surface area contributed by atoms with Crippen LogP contribution in [0.15, 0.2) is 18.2 Å². The first-order valence-corrected chi connectivity index (χ1v) is 6.46. The van der Waals surface area contributed by atoms with E-state index in [2.05, 4.69) is 22.9 Å². The number of anilines is 1. The zero-order valence-corrected chi connectivity index (χ0v) is 10.8. The molecule has 1 aliphatic rings. The van der Waals surface area contributed by atoms with Gasteiger partial charge in [0.15, 0.2) is 0 Å². The highest BCUT2D eigenvalue weighted by atomic mass is 16.3. The first-order chi connectivity index (χ1) is 8.73. The van der Waals surface area contributed by atoms with Gasteiger partial charge in [0.05, 0.1) is 6.61 Å². The van der Waals surface area contributed by atoms with Gasteiger partial charge in [0, 0.05) is 18.5 Å². The van der Waals surface area contributed by atoms with Crippen LogP contribution in [0, 0.1) is 16.7 Å². The molecule has 0 bridgehead atoms. The Kier molecular flexibility index (Phi) is 3.83. The Balaban J connectivity index is 2.20. The summed E-state index contributed by atoms with van der Waals surface area (Å²) < 4.78 is 0. The van der Waals surface area contributed by atoms with Crippen molar-refractivity contribution >= 4 is 5.82 Å². The van der Waals surface area contributed by atoms with Gasteiger partial charge < -0.3 is 10.0 Å². The van der Waals surface area contributed by atoms with Crippen LogP contribution in [0.25, 0.3) is 0 Å². The van der Waals surface area contributed by atoms with E-state index in [0.717, 1.165) is 38.2 Å². The van der Waals surface area contributed by atoms with Crippen molar-refractivity contribution in [3.05, 3.63) is 23.9 Å². The Bertz CT molecular complexity index is 449. The fraction of sp³-hybridized carbons (Fsp3) is 0.571. The molecular formula is C14H19N3O. The highest BCUT2D eigenvalue weighted by Crippen LogP contribution is 2.34. The van der Waals surface area contributed by atoms with Gasteiger partial charge in [-0.3, -0.25) is 0 Å². The molecule has 4 heteroatoms. The Morgan fingerprint density at radius 3 is 3.06 bits per heavy atom. The second-order valence-electron chi connectivity index (χ2n) is 5.03. The highest BCUT2D eigenvalue weighted by Gasteiger charge is 2.33. The first-order valence-electron chi connectivity index (χ1n) is 6.46. The van der Waals surface area contributed by atoms with E-state index in [-0.39, 0.29) is 12.0 Å². The van der Waals surface area contributed by atoms with E-state index in [0.29, 0.717) is 5.69 Å². The van der Waals surface area contributed by atoms with Gasteiger partial charge in [-0.1, -0.05) is 13.0 Å². The van der Waals surface area contributed by atoms with Crippen LogP contribution in [0.3, 0.4) is 0 Å². The van der Waals surface area contributed by atoms with Crippen molar-refractivity contribution < 1.29 is 5.11 Å². The number of aromatic nitrogens is 1. The third-order valence-corrected chi connectivity index (χ3v) is 3.92. The van der Waals surface area contributed by atoms with Crippen LogP contribution in [0.5, 0.6) is 0 Å². The second kappa shape index (κ2) is 5.36. The SMILES string of the molecule is CCC1(CO)CCCN(c2cccc(C#N)n2)C1.